The predicted molar refractivity (Wildman–Crippen MR) is 175 cm³/mol. The lowest BCUT2D eigenvalue weighted by Gasteiger charge is -2.39. The van der Waals surface area contributed by atoms with Gasteiger partial charge in [0.15, 0.2) is 0 Å². The Morgan fingerprint density at radius 1 is 1.02 bits per heavy atom. The summed E-state index contributed by atoms with van der Waals surface area (Å²) in [6, 6.07) is 11.0. The van der Waals surface area contributed by atoms with Gasteiger partial charge in [-0.05, 0) is 62.8 Å². The molecule has 2 heterocycles. The van der Waals surface area contributed by atoms with E-state index in [4.69, 9.17) is 9.52 Å². The topological polar surface area (TPSA) is 194 Å². The Kier molecular flexibility index (Phi) is 10.1. The van der Waals surface area contributed by atoms with Crippen molar-refractivity contribution in [3.63, 3.8) is 0 Å². The molecule has 0 bridgehead atoms. The van der Waals surface area contributed by atoms with Gasteiger partial charge in [0.25, 0.3) is 0 Å². The number of carboxylic acids is 2. The fraction of sp³-hybridized carbons (Fsp3) is 0.400. The van der Waals surface area contributed by atoms with Gasteiger partial charge >= 0.3 is 17.6 Å². The van der Waals surface area contributed by atoms with Crippen LogP contribution in [0.25, 0.3) is 11.0 Å². The van der Waals surface area contributed by atoms with E-state index in [0.717, 1.165) is 43.2 Å². The number of nitrogens with zero attached hydrogens (tertiary/aromatic N) is 3. The third kappa shape index (κ3) is 7.62. The highest BCUT2D eigenvalue weighted by molar-refractivity contribution is 5.97. The van der Waals surface area contributed by atoms with Crippen molar-refractivity contribution >= 4 is 40.4 Å². The van der Waals surface area contributed by atoms with E-state index in [1.54, 1.807) is 19.1 Å². The lowest BCUT2D eigenvalue weighted by Crippen LogP contribution is -2.50. The number of amides is 2. The highest BCUT2D eigenvalue weighted by atomic mass is 16.4. The minimum Gasteiger partial charge on any atom is -0.481 e. The number of benzene rings is 2. The number of aliphatic carboxylic acids is 2. The number of fused-ring (bicyclic) bond motifs is 1. The Balaban J connectivity index is 1.41. The molecule has 1 aliphatic carbocycles. The van der Waals surface area contributed by atoms with Gasteiger partial charge in [-0.1, -0.05) is 54.3 Å². The number of aryl methyl sites for hydroxylation is 2. The summed E-state index contributed by atoms with van der Waals surface area (Å²) in [5.41, 5.74) is 1.48. The van der Waals surface area contributed by atoms with E-state index < -0.39 is 47.9 Å². The summed E-state index contributed by atoms with van der Waals surface area (Å²) in [5, 5.41) is 33.8. The quantitative estimate of drug-likeness (QED) is 0.158. The molecule has 2 amide bonds. The second-order valence-corrected chi connectivity index (χ2v) is 12.7. The molecule has 0 spiro atoms. The molecule has 48 heavy (non-hydrogen) atoms. The van der Waals surface area contributed by atoms with Crippen LogP contribution in [-0.4, -0.2) is 49.0 Å². The lowest BCUT2D eigenvalue weighted by atomic mass is 9.74. The zero-order valence-corrected chi connectivity index (χ0v) is 27.1. The van der Waals surface area contributed by atoms with Gasteiger partial charge in [0.2, 0.25) is 11.8 Å². The Morgan fingerprint density at radius 2 is 1.77 bits per heavy atom. The predicted octanol–water partition coefficient (Wildman–Crippen LogP) is 4.44. The largest absolute Gasteiger partial charge is 0.481 e. The van der Waals surface area contributed by atoms with Gasteiger partial charge in [0.1, 0.15) is 17.3 Å². The van der Waals surface area contributed by atoms with Crippen LogP contribution in [0.2, 0.25) is 0 Å². The van der Waals surface area contributed by atoms with Gasteiger partial charge in [0, 0.05) is 17.1 Å². The third-order valence-corrected chi connectivity index (χ3v) is 9.18. The molecule has 0 radical (unpaired) electrons. The normalized spacial score (nSPS) is 15.4. The monoisotopic (exact) mass is 657 g/mol. The summed E-state index contributed by atoms with van der Waals surface area (Å²) in [6.45, 7) is 5.49. The van der Waals surface area contributed by atoms with Crippen molar-refractivity contribution < 1.29 is 33.8 Å². The van der Waals surface area contributed by atoms with Gasteiger partial charge in [0.05, 0.1) is 36.6 Å². The number of carbonyl (C=O) groups is 4. The Hall–Kier alpha value is -5.33. The lowest BCUT2D eigenvalue weighted by molar-refractivity contribution is -0.140. The first-order chi connectivity index (χ1) is 22.8. The number of nitrogens with one attached hydrogen (secondary N) is 2. The molecular weight excluding hydrogens is 618 g/mol. The molecule has 2 aromatic heterocycles. The number of hydrogen-bond donors (Lipinski definition) is 4. The minimum atomic E-state index is -1.30. The minimum absolute atomic E-state index is 0.0295. The second-order valence-electron chi connectivity index (χ2n) is 12.7. The van der Waals surface area contributed by atoms with Crippen molar-refractivity contribution in [1.29, 1.82) is 0 Å². The van der Waals surface area contributed by atoms with Crippen molar-refractivity contribution in [2.75, 3.05) is 5.32 Å². The SMILES string of the molecule is Cc1cccc(CC(=O)NC(C)(c2cn(C(CC(=O)O)C(=O)Nc3ccc4c(C)c(CC(=O)O)c(=O)oc4c3)nn2)C2CCCCC2)c1. The molecule has 1 saturated carbocycles. The van der Waals surface area contributed by atoms with Crippen LogP contribution in [0.1, 0.15) is 79.4 Å². The number of carboxylic acid groups (broad SMARTS) is 2. The smallest absolute Gasteiger partial charge is 0.340 e. The van der Waals surface area contributed by atoms with Crippen molar-refractivity contribution in [3.05, 3.63) is 87.0 Å². The van der Waals surface area contributed by atoms with Crippen LogP contribution < -0.4 is 16.3 Å². The number of carbonyl (C=O) groups excluding carboxylic acids is 2. The average molecular weight is 658 g/mol. The van der Waals surface area contributed by atoms with E-state index in [1.165, 1.54) is 16.9 Å². The maximum Gasteiger partial charge on any atom is 0.340 e. The summed E-state index contributed by atoms with van der Waals surface area (Å²) in [7, 11) is 0. The Bertz CT molecular complexity index is 1930. The number of hydrogen-bond acceptors (Lipinski definition) is 8. The maximum absolute atomic E-state index is 13.6. The van der Waals surface area contributed by atoms with Crippen molar-refractivity contribution in [3.8, 4) is 0 Å². The van der Waals surface area contributed by atoms with E-state index in [2.05, 4.69) is 20.9 Å². The van der Waals surface area contributed by atoms with Crippen LogP contribution in [0.3, 0.4) is 0 Å². The zero-order chi connectivity index (χ0) is 34.6. The summed E-state index contributed by atoms with van der Waals surface area (Å²) in [4.78, 5) is 62.6. The molecule has 1 fully saturated rings. The summed E-state index contributed by atoms with van der Waals surface area (Å²) >= 11 is 0. The maximum atomic E-state index is 13.6. The molecule has 2 unspecified atom stereocenters. The number of anilines is 1. The zero-order valence-electron chi connectivity index (χ0n) is 27.1. The highest BCUT2D eigenvalue weighted by Crippen LogP contribution is 2.39. The van der Waals surface area contributed by atoms with Gasteiger partial charge in [-0.15, -0.1) is 5.10 Å². The van der Waals surface area contributed by atoms with E-state index in [0.29, 0.717) is 16.6 Å². The summed E-state index contributed by atoms with van der Waals surface area (Å²) in [5.74, 6) is -3.23. The molecule has 13 nitrogen and oxygen atoms in total. The van der Waals surface area contributed by atoms with Gasteiger partial charge in [-0.2, -0.15) is 0 Å². The molecule has 4 aromatic rings. The fourth-order valence-electron chi connectivity index (χ4n) is 6.59. The van der Waals surface area contributed by atoms with Gasteiger partial charge in [-0.25, -0.2) is 9.48 Å². The molecule has 1 aliphatic rings. The Labute approximate surface area is 276 Å². The molecule has 5 rings (SSSR count). The van der Waals surface area contributed by atoms with Crippen molar-refractivity contribution in [1.82, 2.24) is 20.3 Å². The molecule has 2 atom stereocenters. The van der Waals surface area contributed by atoms with E-state index in [9.17, 15) is 29.1 Å². The summed E-state index contributed by atoms with van der Waals surface area (Å²) in [6.07, 6.45) is 5.43. The van der Waals surface area contributed by atoms with Crippen molar-refractivity contribution in [2.24, 2.45) is 5.92 Å². The average Bonchev–Trinajstić information content (AvgIpc) is 3.53. The molecule has 13 heteroatoms. The van der Waals surface area contributed by atoms with Gasteiger partial charge < -0.3 is 25.3 Å². The third-order valence-electron chi connectivity index (χ3n) is 9.18. The first-order valence-corrected chi connectivity index (χ1v) is 15.9. The van der Waals surface area contributed by atoms with E-state index in [-0.39, 0.29) is 35.1 Å². The molecule has 0 saturated heterocycles. The van der Waals surface area contributed by atoms with Crippen LogP contribution >= 0.6 is 0 Å². The van der Waals surface area contributed by atoms with Crippen LogP contribution in [-0.2, 0) is 37.6 Å². The fourth-order valence-corrected chi connectivity index (χ4v) is 6.59. The molecular formula is C35H39N5O8. The standard InChI is InChI=1S/C35H39N5O8/c1-20-8-7-9-22(14-20)15-30(41)37-35(3,23-10-5-4-6-11-23)29-19-40(39-38-29)27(18-32(44)45)33(46)36-24-12-13-25-21(2)26(17-31(42)43)34(47)48-28(25)16-24/h7-9,12-14,16,19,23,27H,4-6,10-11,15,17-18H2,1-3H3,(H,36,46)(H,37,41)(H,42,43)(H,44,45). The van der Waals surface area contributed by atoms with Crippen LogP contribution in [0.5, 0.6) is 0 Å². The molecule has 4 N–H and O–H groups in total. The molecule has 252 valence electrons. The molecule has 0 aliphatic heterocycles. The molecule has 2 aromatic carbocycles. The highest BCUT2D eigenvalue weighted by Gasteiger charge is 2.41. The first-order valence-electron chi connectivity index (χ1n) is 15.9. The number of rotatable bonds is 12. The van der Waals surface area contributed by atoms with E-state index in [1.807, 2.05) is 38.1 Å². The van der Waals surface area contributed by atoms with Crippen molar-refractivity contribution in [2.45, 2.75) is 83.7 Å². The summed E-state index contributed by atoms with van der Waals surface area (Å²) < 4.78 is 6.56. The first kappa shape index (κ1) is 34.0. The van der Waals surface area contributed by atoms with Crippen LogP contribution in [0, 0.1) is 19.8 Å². The van der Waals surface area contributed by atoms with Crippen LogP contribution in [0.4, 0.5) is 5.69 Å². The number of aromatic nitrogens is 3. The van der Waals surface area contributed by atoms with Gasteiger partial charge in [-0.3, -0.25) is 19.2 Å². The second kappa shape index (κ2) is 14.2. The van der Waals surface area contributed by atoms with E-state index >= 15 is 0 Å². The Morgan fingerprint density at radius 3 is 2.46 bits per heavy atom. The van der Waals surface area contributed by atoms with Crippen LogP contribution in [0.15, 0.2) is 57.9 Å².